The second-order valence-corrected chi connectivity index (χ2v) is 43.4. The summed E-state index contributed by atoms with van der Waals surface area (Å²) in [6, 6.07) is 36.2. The van der Waals surface area contributed by atoms with Gasteiger partial charge in [-0.25, -0.2) is 0 Å². The van der Waals surface area contributed by atoms with Crippen molar-refractivity contribution in [2.75, 3.05) is 0 Å². The van der Waals surface area contributed by atoms with Crippen molar-refractivity contribution in [2.45, 2.75) is 36.3 Å². The molecular formula is C36H38Cl2SiZr. The second kappa shape index (κ2) is 10.7. The van der Waals surface area contributed by atoms with Crippen LogP contribution in [0.25, 0.3) is 34.4 Å². The van der Waals surface area contributed by atoms with Crippen LogP contribution in [0.2, 0.25) is 9.26 Å². The molecule has 2 atom stereocenters. The SMILES string of the molecule is CC1=Cc2c(-c3ccccc3)cccc2[CH]1[Zr]([CH3])([CH3])(=[SiH2])[CH]1C(C2CC2)=Cc2c(-c3ccccc3)cccc21.Cl.Cl. The van der Waals surface area contributed by atoms with E-state index < -0.39 is 17.4 Å². The maximum absolute atomic E-state index is 3.53. The molecule has 4 aromatic rings. The monoisotopic (exact) mass is 658 g/mol. The van der Waals surface area contributed by atoms with E-state index in [-0.39, 0.29) is 24.8 Å². The molecule has 0 amide bonds. The van der Waals surface area contributed by atoms with Gasteiger partial charge in [0.25, 0.3) is 0 Å². The van der Waals surface area contributed by atoms with Gasteiger partial charge in [0.2, 0.25) is 0 Å². The topological polar surface area (TPSA) is 0 Å². The summed E-state index contributed by atoms with van der Waals surface area (Å²) < 4.78 is 6.71. The molecule has 1 fully saturated rings. The normalized spacial score (nSPS) is 19.5. The molecule has 3 aliphatic rings. The predicted octanol–water partition coefficient (Wildman–Crippen LogP) is 10.2. The zero-order chi connectivity index (χ0) is 26.1. The van der Waals surface area contributed by atoms with Gasteiger partial charge in [0.1, 0.15) is 0 Å². The Bertz CT molecular complexity index is 1710. The Morgan fingerprint density at radius 2 is 1.07 bits per heavy atom. The van der Waals surface area contributed by atoms with E-state index in [4.69, 9.17) is 0 Å². The number of allylic oxidation sites excluding steroid dienone is 2. The Morgan fingerprint density at radius 3 is 1.57 bits per heavy atom. The van der Waals surface area contributed by atoms with Gasteiger partial charge >= 0.3 is 231 Å². The molecule has 0 radical (unpaired) electrons. The zero-order valence-corrected chi connectivity index (χ0v) is 29.1. The Morgan fingerprint density at radius 1 is 0.600 bits per heavy atom. The second-order valence-electron chi connectivity index (χ2n) is 13.0. The number of hydrogen-bond donors (Lipinski definition) is 0. The molecule has 2 unspecified atom stereocenters. The first kappa shape index (κ1) is 29.5. The molecule has 7 rings (SSSR count). The molecule has 0 N–H and O–H groups in total. The van der Waals surface area contributed by atoms with Gasteiger partial charge in [-0.1, -0.05) is 0 Å². The van der Waals surface area contributed by atoms with E-state index in [9.17, 15) is 0 Å². The first-order valence-corrected chi connectivity index (χ1v) is 27.8. The average Bonchev–Trinajstić information content (AvgIpc) is 3.58. The van der Waals surface area contributed by atoms with Crippen molar-refractivity contribution in [2.24, 2.45) is 5.92 Å². The van der Waals surface area contributed by atoms with Crippen LogP contribution in [0.5, 0.6) is 0 Å². The van der Waals surface area contributed by atoms with Gasteiger partial charge in [0.15, 0.2) is 0 Å². The molecule has 0 nitrogen and oxygen atoms in total. The quantitative estimate of drug-likeness (QED) is 0.187. The number of benzene rings is 4. The minimum absolute atomic E-state index is 0. The molecule has 0 aromatic heterocycles. The molecule has 0 saturated heterocycles. The summed E-state index contributed by atoms with van der Waals surface area (Å²) in [5.74, 6) is 0.773. The van der Waals surface area contributed by atoms with Crippen LogP contribution in [-0.2, 0) is 17.4 Å². The molecule has 204 valence electrons. The van der Waals surface area contributed by atoms with E-state index in [1.165, 1.54) is 46.2 Å². The smallest absolute Gasteiger partial charge is 0.147 e. The van der Waals surface area contributed by atoms with Crippen LogP contribution in [0.4, 0.5) is 0 Å². The van der Waals surface area contributed by atoms with E-state index in [1.54, 1.807) is 22.3 Å². The molecule has 4 heteroatoms. The summed E-state index contributed by atoms with van der Waals surface area (Å²) in [6.45, 7) is 4.89. The van der Waals surface area contributed by atoms with Crippen molar-refractivity contribution in [3.05, 3.63) is 130 Å². The fraction of sp³-hybridized carbons (Fsp3) is 0.222. The van der Waals surface area contributed by atoms with Crippen molar-refractivity contribution in [1.29, 1.82) is 0 Å². The van der Waals surface area contributed by atoms with E-state index in [0.717, 1.165) is 5.92 Å². The molecule has 1 saturated carbocycles. The summed E-state index contributed by atoms with van der Waals surface area (Å²) in [5, 5.41) is 0. The van der Waals surface area contributed by atoms with Crippen LogP contribution in [0, 0.1) is 5.92 Å². The van der Waals surface area contributed by atoms with Crippen LogP contribution < -0.4 is 0 Å². The van der Waals surface area contributed by atoms with Gasteiger partial charge in [-0.15, -0.1) is 24.8 Å². The third-order valence-electron chi connectivity index (χ3n) is 9.49. The molecular weight excluding hydrogens is 623 g/mol. The van der Waals surface area contributed by atoms with Gasteiger partial charge in [0.05, 0.1) is 0 Å². The van der Waals surface area contributed by atoms with Crippen molar-refractivity contribution in [1.82, 2.24) is 0 Å². The summed E-state index contributed by atoms with van der Waals surface area (Å²) in [5.41, 5.74) is 14.9. The van der Waals surface area contributed by atoms with Crippen LogP contribution >= 0.6 is 24.8 Å². The number of hydrogen-bond acceptors (Lipinski definition) is 0. The number of fused-ring (bicyclic) bond motifs is 2. The molecule has 0 aliphatic heterocycles. The molecule has 3 aliphatic carbocycles. The van der Waals surface area contributed by atoms with Crippen LogP contribution in [0.3, 0.4) is 0 Å². The Hall–Kier alpha value is -1.96. The zero-order valence-electron chi connectivity index (χ0n) is 23.6. The molecule has 0 bridgehead atoms. The molecule has 40 heavy (non-hydrogen) atoms. The van der Waals surface area contributed by atoms with Gasteiger partial charge in [-0.2, -0.15) is 0 Å². The minimum atomic E-state index is -3.53. The Labute approximate surface area is 254 Å². The van der Waals surface area contributed by atoms with Gasteiger partial charge in [-0.3, -0.25) is 0 Å². The van der Waals surface area contributed by atoms with E-state index in [0.29, 0.717) is 7.25 Å². The summed E-state index contributed by atoms with van der Waals surface area (Å²) in [4.78, 5) is 0. The third-order valence-corrected chi connectivity index (χ3v) is 27.1. The Balaban J connectivity index is 0.00000161. The largest absolute Gasteiger partial charge is 0.147 e. The fourth-order valence-electron chi connectivity index (χ4n) is 7.97. The van der Waals surface area contributed by atoms with Gasteiger partial charge < -0.3 is 0 Å². The Kier molecular flexibility index (Phi) is 7.90. The summed E-state index contributed by atoms with van der Waals surface area (Å²) in [7, 11) is 0. The number of halogens is 2. The molecule has 4 aromatic carbocycles. The average molecular weight is 661 g/mol. The van der Waals surface area contributed by atoms with Crippen molar-refractivity contribution >= 4 is 43.8 Å². The maximum atomic E-state index is 2.78. The predicted molar refractivity (Wildman–Crippen MR) is 178 cm³/mol. The van der Waals surface area contributed by atoms with E-state index in [1.807, 2.05) is 0 Å². The van der Waals surface area contributed by atoms with Crippen molar-refractivity contribution in [3.63, 3.8) is 0 Å². The van der Waals surface area contributed by atoms with Crippen LogP contribution in [0.15, 0.2) is 108 Å². The summed E-state index contributed by atoms with van der Waals surface area (Å²) in [6.07, 6.45) is 7.90. The standard InChI is InChI=1S/C18H15.C16H13.2CH3.2ClH.H2Si.Zr/c1-2-5-14(6-3-1)17-8-4-7-15-11-16(12-18(15)17)13-9-10-13;1-12-10-14-8-5-9-15(16(14)11-12)13-6-3-2-4-7-13;;;;;;/h1-8,11-13H,9-10H2;2-11H,1H3;2*1H3;2*1H;1H2;. The van der Waals surface area contributed by atoms with Crippen molar-refractivity contribution < 1.29 is 17.4 Å². The van der Waals surface area contributed by atoms with Gasteiger partial charge in [-0.05, 0) is 0 Å². The first-order chi connectivity index (χ1) is 18.3. The maximum Gasteiger partial charge on any atom is -0.147 e. The first-order valence-electron chi connectivity index (χ1n) is 14.2. The molecule has 0 heterocycles. The van der Waals surface area contributed by atoms with Gasteiger partial charge in [0, 0.05) is 0 Å². The molecule has 0 spiro atoms. The van der Waals surface area contributed by atoms with E-state index in [2.05, 4.69) is 132 Å². The van der Waals surface area contributed by atoms with Crippen LogP contribution in [-0.4, -0.2) is 6.88 Å². The van der Waals surface area contributed by atoms with Crippen molar-refractivity contribution in [3.8, 4) is 22.3 Å². The number of rotatable bonds is 5. The minimum Gasteiger partial charge on any atom is -0.147 e. The summed E-state index contributed by atoms with van der Waals surface area (Å²) >= 11 is -3.53. The van der Waals surface area contributed by atoms with Crippen LogP contribution in [0.1, 0.15) is 49.3 Å². The third kappa shape index (κ3) is 4.70. The fourth-order valence-corrected chi connectivity index (χ4v) is 28.3. The van der Waals surface area contributed by atoms with E-state index >= 15 is 0 Å².